The van der Waals surface area contributed by atoms with Gasteiger partial charge >= 0.3 is 0 Å². The summed E-state index contributed by atoms with van der Waals surface area (Å²) in [6, 6.07) is 11.6. The van der Waals surface area contributed by atoms with Gasteiger partial charge in [-0.15, -0.1) is 0 Å². The van der Waals surface area contributed by atoms with Crippen LogP contribution in [0.4, 0.5) is 0 Å². The Bertz CT molecular complexity index is 923. The van der Waals surface area contributed by atoms with Gasteiger partial charge in [0.2, 0.25) is 0 Å². The lowest BCUT2D eigenvalue weighted by Crippen LogP contribution is -2.42. The zero-order valence-corrected chi connectivity index (χ0v) is 13.2. The summed E-state index contributed by atoms with van der Waals surface area (Å²) in [6.45, 7) is 0. The molecule has 2 saturated heterocycles. The second-order valence-electron chi connectivity index (χ2n) is 6.82. The Balaban J connectivity index is 1.48. The summed E-state index contributed by atoms with van der Waals surface area (Å²) in [7, 11) is 0. The maximum atomic E-state index is 11.5. The average Bonchev–Trinajstić information content (AvgIpc) is 2.91. The van der Waals surface area contributed by atoms with E-state index in [0.29, 0.717) is 29.1 Å². The molecule has 1 aromatic rings. The fraction of sp³-hybridized carbons (Fsp3) is 0.368. The predicted octanol–water partition coefficient (Wildman–Crippen LogP) is 2.95. The molecule has 5 rings (SSSR count). The van der Waals surface area contributed by atoms with Crippen LogP contribution in [0.3, 0.4) is 0 Å². The Labute approximate surface area is 139 Å². The first-order valence-corrected chi connectivity index (χ1v) is 8.50. The summed E-state index contributed by atoms with van der Waals surface area (Å²) in [6.07, 6.45) is 4.88. The number of hydrogen-bond donors (Lipinski definition) is 1. The fourth-order valence-corrected chi connectivity index (χ4v) is 3.95. The minimum atomic E-state index is -0.0787. The number of hydrogen-bond acceptors (Lipinski definition) is 5. The summed E-state index contributed by atoms with van der Waals surface area (Å²) in [5.41, 5.74) is 2.01. The van der Waals surface area contributed by atoms with Crippen molar-refractivity contribution in [2.24, 2.45) is 0 Å². The van der Waals surface area contributed by atoms with Crippen molar-refractivity contribution < 1.29 is 9.15 Å². The van der Waals surface area contributed by atoms with Crippen molar-refractivity contribution in [1.82, 2.24) is 10.3 Å². The smallest absolute Gasteiger partial charge is 0.182 e. The van der Waals surface area contributed by atoms with Crippen LogP contribution >= 0.6 is 0 Å². The highest BCUT2D eigenvalue weighted by atomic mass is 16.5. The molecule has 0 unspecified atom stereocenters. The molecule has 1 N–H and O–H groups in total. The van der Waals surface area contributed by atoms with E-state index in [0.717, 1.165) is 24.1 Å². The number of piperidine rings is 1. The van der Waals surface area contributed by atoms with Gasteiger partial charge in [0.05, 0.1) is 0 Å². The molecule has 0 amide bonds. The Kier molecular flexibility index (Phi) is 3.10. The fourth-order valence-electron chi connectivity index (χ4n) is 3.95. The minimum absolute atomic E-state index is 0.0787. The number of aromatic nitrogens is 1. The van der Waals surface area contributed by atoms with E-state index in [9.17, 15) is 4.79 Å². The number of benzene rings is 2. The van der Waals surface area contributed by atoms with Crippen molar-refractivity contribution in [1.29, 1.82) is 0 Å². The van der Waals surface area contributed by atoms with Crippen LogP contribution in [0, 0.1) is 0 Å². The SMILES string of the molecule is O=c1ccc2nc3ccc(O[C@H]4C[C@H]5CC[C@@H](C4)N5)cc3oc-2c1. The monoisotopic (exact) mass is 322 g/mol. The lowest BCUT2D eigenvalue weighted by atomic mass is 10.0. The molecule has 1 aliphatic carbocycles. The minimum Gasteiger partial charge on any atom is -0.490 e. The first-order valence-electron chi connectivity index (χ1n) is 8.50. The highest BCUT2D eigenvalue weighted by Gasteiger charge is 2.34. The molecular weight excluding hydrogens is 304 g/mol. The van der Waals surface area contributed by atoms with Gasteiger partial charge in [0.15, 0.2) is 16.8 Å². The van der Waals surface area contributed by atoms with E-state index in [1.807, 2.05) is 18.2 Å². The van der Waals surface area contributed by atoms with Crippen LogP contribution in [0.2, 0.25) is 0 Å². The Hall–Kier alpha value is -2.40. The van der Waals surface area contributed by atoms with Gasteiger partial charge in [0, 0.05) is 24.2 Å². The van der Waals surface area contributed by atoms with Gasteiger partial charge in [0.25, 0.3) is 0 Å². The van der Waals surface area contributed by atoms with Crippen LogP contribution in [0.15, 0.2) is 45.6 Å². The van der Waals surface area contributed by atoms with Crippen molar-refractivity contribution in [2.45, 2.75) is 43.9 Å². The molecule has 24 heavy (non-hydrogen) atoms. The van der Waals surface area contributed by atoms with Gasteiger partial charge in [-0.3, -0.25) is 4.79 Å². The molecule has 3 heterocycles. The van der Waals surface area contributed by atoms with Crippen LogP contribution in [0.25, 0.3) is 22.6 Å². The average molecular weight is 322 g/mol. The second-order valence-corrected chi connectivity index (χ2v) is 6.82. The zero-order valence-electron chi connectivity index (χ0n) is 13.2. The first-order chi connectivity index (χ1) is 11.7. The van der Waals surface area contributed by atoms with Crippen molar-refractivity contribution >= 4 is 11.1 Å². The molecule has 1 aromatic carbocycles. The van der Waals surface area contributed by atoms with Crippen LogP contribution in [0.5, 0.6) is 5.75 Å². The third kappa shape index (κ3) is 2.45. The Morgan fingerprint density at radius 1 is 1.08 bits per heavy atom. The molecule has 2 fully saturated rings. The van der Waals surface area contributed by atoms with E-state index < -0.39 is 0 Å². The maximum absolute atomic E-state index is 11.5. The summed E-state index contributed by atoms with van der Waals surface area (Å²) < 4.78 is 12.0. The van der Waals surface area contributed by atoms with Crippen LogP contribution in [0.1, 0.15) is 25.7 Å². The number of fused-ring (bicyclic) bond motifs is 4. The molecule has 5 heteroatoms. The predicted molar refractivity (Wildman–Crippen MR) is 90.5 cm³/mol. The summed E-state index contributed by atoms with van der Waals surface area (Å²) in [5.74, 6) is 1.31. The molecule has 0 aromatic heterocycles. The van der Waals surface area contributed by atoms with E-state index in [-0.39, 0.29) is 11.5 Å². The lowest BCUT2D eigenvalue weighted by molar-refractivity contribution is 0.137. The number of nitrogens with one attached hydrogen (secondary N) is 1. The van der Waals surface area contributed by atoms with E-state index in [1.165, 1.54) is 25.0 Å². The Morgan fingerprint density at radius 3 is 2.75 bits per heavy atom. The summed E-state index contributed by atoms with van der Waals surface area (Å²) in [5, 5.41) is 3.62. The number of ether oxygens (including phenoxy) is 1. The van der Waals surface area contributed by atoms with Gasteiger partial charge < -0.3 is 14.5 Å². The van der Waals surface area contributed by atoms with Crippen LogP contribution in [-0.4, -0.2) is 23.2 Å². The van der Waals surface area contributed by atoms with Gasteiger partial charge in [-0.25, -0.2) is 4.98 Å². The number of rotatable bonds is 2. The first kappa shape index (κ1) is 14.0. The van der Waals surface area contributed by atoms with Crippen molar-refractivity contribution in [3.05, 3.63) is 46.6 Å². The van der Waals surface area contributed by atoms with Gasteiger partial charge in [0.1, 0.15) is 23.1 Å². The van der Waals surface area contributed by atoms with E-state index in [4.69, 9.17) is 9.15 Å². The molecule has 3 atom stereocenters. The van der Waals surface area contributed by atoms with Gasteiger partial charge in [-0.05, 0) is 49.9 Å². The normalized spacial score (nSPS) is 26.1. The van der Waals surface area contributed by atoms with Crippen molar-refractivity contribution in [3.8, 4) is 17.2 Å². The highest BCUT2D eigenvalue weighted by molar-refractivity contribution is 5.77. The lowest BCUT2D eigenvalue weighted by Gasteiger charge is -2.29. The van der Waals surface area contributed by atoms with E-state index >= 15 is 0 Å². The molecule has 0 saturated carbocycles. The van der Waals surface area contributed by atoms with Crippen LogP contribution < -0.4 is 15.5 Å². The molecular formula is C19H18N2O3. The van der Waals surface area contributed by atoms with Gasteiger partial charge in [-0.1, -0.05) is 0 Å². The summed E-state index contributed by atoms with van der Waals surface area (Å²) >= 11 is 0. The highest BCUT2D eigenvalue weighted by Crippen LogP contribution is 2.31. The maximum Gasteiger partial charge on any atom is 0.182 e. The molecule has 0 radical (unpaired) electrons. The zero-order chi connectivity index (χ0) is 16.1. The topological polar surface area (TPSA) is 64.4 Å². The number of nitrogens with zero attached hydrogens (tertiary/aromatic N) is 1. The third-order valence-corrected chi connectivity index (χ3v) is 5.06. The van der Waals surface area contributed by atoms with E-state index in [1.54, 1.807) is 6.07 Å². The molecule has 122 valence electrons. The standard InChI is InChI=1S/C19H18N2O3/c22-13-3-5-16-18(9-13)24-19-10-14(4-6-17(19)21-16)23-15-7-11-1-2-12(8-15)20-11/h3-6,9-12,15,20H,1-2,7-8H2/t11-,12+,15+. The largest absolute Gasteiger partial charge is 0.490 e. The molecule has 4 aliphatic rings. The molecule has 0 spiro atoms. The Morgan fingerprint density at radius 2 is 1.92 bits per heavy atom. The van der Waals surface area contributed by atoms with E-state index in [2.05, 4.69) is 10.3 Å². The van der Waals surface area contributed by atoms with Crippen LogP contribution in [-0.2, 0) is 0 Å². The molecule has 3 aliphatic heterocycles. The van der Waals surface area contributed by atoms with Gasteiger partial charge in [-0.2, -0.15) is 0 Å². The van der Waals surface area contributed by atoms with Crippen molar-refractivity contribution in [2.75, 3.05) is 0 Å². The summed E-state index contributed by atoms with van der Waals surface area (Å²) in [4.78, 5) is 16.0. The van der Waals surface area contributed by atoms with Crippen molar-refractivity contribution in [3.63, 3.8) is 0 Å². The molecule has 5 nitrogen and oxygen atoms in total. The molecule has 2 bridgehead atoms. The third-order valence-electron chi connectivity index (χ3n) is 5.06. The second kappa shape index (κ2) is 5.31. The quantitative estimate of drug-likeness (QED) is 0.735.